The summed E-state index contributed by atoms with van der Waals surface area (Å²) in [5, 5.41) is 3.08. The van der Waals surface area contributed by atoms with Crippen molar-refractivity contribution < 1.29 is 17.9 Å². The zero-order valence-electron chi connectivity index (χ0n) is 18.4. The van der Waals surface area contributed by atoms with E-state index in [4.69, 9.17) is 4.74 Å². The van der Waals surface area contributed by atoms with Crippen molar-refractivity contribution in [3.63, 3.8) is 0 Å². The van der Waals surface area contributed by atoms with Crippen LogP contribution in [0.4, 0.5) is 0 Å². The van der Waals surface area contributed by atoms with Crippen molar-refractivity contribution in [2.75, 3.05) is 26.5 Å². The Hall–Kier alpha value is -2.03. The van der Waals surface area contributed by atoms with Gasteiger partial charge in [0, 0.05) is 23.9 Å². The van der Waals surface area contributed by atoms with Crippen LogP contribution in [0.5, 0.6) is 5.75 Å². The molecular weight excluding hydrogens is 432 g/mol. The van der Waals surface area contributed by atoms with E-state index in [1.54, 1.807) is 23.9 Å². The van der Waals surface area contributed by atoms with Crippen LogP contribution in [0.2, 0.25) is 0 Å². The zero-order valence-corrected chi connectivity index (χ0v) is 20.1. The highest BCUT2D eigenvalue weighted by molar-refractivity contribution is 7.98. The Kier molecular flexibility index (Phi) is 7.67. The summed E-state index contributed by atoms with van der Waals surface area (Å²) in [4.78, 5) is 14.1. The van der Waals surface area contributed by atoms with Gasteiger partial charge in [0.05, 0.1) is 13.2 Å². The van der Waals surface area contributed by atoms with E-state index in [-0.39, 0.29) is 22.8 Å². The molecule has 1 amide bonds. The van der Waals surface area contributed by atoms with E-state index in [0.717, 1.165) is 11.1 Å². The highest BCUT2D eigenvalue weighted by atomic mass is 32.2. The average molecular weight is 463 g/mol. The molecule has 1 heterocycles. The van der Waals surface area contributed by atoms with Gasteiger partial charge in [0.15, 0.2) is 0 Å². The molecule has 0 radical (unpaired) electrons. The standard InChI is InChI=1S/C23H30N2O4S2/c1-16-5-10-21(29-3)22(15-16)31(27,28)25-13-11-19(12-14-25)23(26)24-17(2)18-6-8-20(30-4)9-7-18/h5-10,15,17,19H,11-14H2,1-4H3,(H,24,26). The Morgan fingerprint density at radius 2 is 1.81 bits per heavy atom. The second kappa shape index (κ2) is 10.1. The molecule has 0 saturated carbocycles. The Labute approximate surface area is 189 Å². The molecule has 0 spiro atoms. The largest absolute Gasteiger partial charge is 0.495 e. The normalized spacial score (nSPS) is 16.6. The number of thioether (sulfide) groups is 1. The van der Waals surface area contributed by atoms with Crippen molar-refractivity contribution in [1.82, 2.24) is 9.62 Å². The first-order valence-electron chi connectivity index (χ1n) is 10.4. The molecule has 0 aromatic heterocycles. The molecule has 8 heteroatoms. The molecule has 2 aromatic carbocycles. The smallest absolute Gasteiger partial charge is 0.246 e. The molecule has 3 rings (SSSR count). The number of rotatable bonds is 7. The summed E-state index contributed by atoms with van der Waals surface area (Å²) in [6.45, 7) is 4.45. The van der Waals surface area contributed by atoms with Crippen LogP contribution >= 0.6 is 11.8 Å². The topological polar surface area (TPSA) is 75.7 Å². The molecule has 168 valence electrons. The van der Waals surface area contributed by atoms with E-state index in [2.05, 4.69) is 5.32 Å². The third-order valence-electron chi connectivity index (χ3n) is 5.74. The Morgan fingerprint density at radius 3 is 2.39 bits per heavy atom. The van der Waals surface area contributed by atoms with Crippen LogP contribution in [0, 0.1) is 12.8 Å². The minimum Gasteiger partial charge on any atom is -0.495 e. The first-order chi connectivity index (χ1) is 14.8. The van der Waals surface area contributed by atoms with E-state index < -0.39 is 10.0 Å². The summed E-state index contributed by atoms with van der Waals surface area (Å²) in [5.41, 5.74) is 1.91. The molecule has 1 atom stereocenters. The predicted octanol–water partition coefficient (Wildman–Crippen LogP) is 4.00. The van der Waals surface area contributed by atoms with Gasteiger partial charge in [0.25, 0.3) is 0 Å². The van der Waals surface area contributed by atoms with Crippen molar-refractivity contribution in [1.29, 1.82) is 0 Å². The molecule has 1 unspecified atom stereocenters. The summed E-state index contributed by atoms with van der Waals surface area (Å²) in [6.07, 6.45) is 3.02. The lowest BCUT2D eigenvalue weighted by atomic mass is 9.96. The lowest BCUT2D eigenvalue weighted by molar-refractivity contribution is -0.126. The number of carbonyl (C=O) groups excluding carboxylic acids is 1. The molecular formula is C23H30N2O4S2. The number of benzene rings is 2. The zero-order chi connectivity index (χ0) is 22.6. The van der Waals surface area contributed by atoms with Gasteiger partial charge >= 0.3 is 0 Å². The van der Waals surface area contributed by atoms with Crippen molar-refractivity contribution in [3.05, 3.63) is 53.6 Å². The first kappa shape index (κ1) is 23.6. The van der Waals surface area contributed by atoms with Gasteiger partial charge in [-0.1, -0.05) is 18.2 Å². The fourth-order valence-corrected chi connectivity index (χ4v) is 5.91. The van der Waals surface area contributed by atoms with Gasteiger partial charge in [-0.25, -0.2) is 8.42 Å². The summed E-state index contributed by atoms with van der Waals surface area (Å²) in [7, 11) is -2.21. The number of nitrogens with zero attached hydrogens (tertiary/aromatic N) is 1. The van der Waals surface area contributed by atoms with Gasteiger partial charge in [-0.15, -0.1) is 11.8 Å². The average Bonchev–Trinajstić information content (AvgIpc) is 2.79. The lowest BCUT2D eigenvalue weighted by Gasteiger charge is -2.31. The maximum Gasteiger partial charge on any atom is 0.246 e. The number of sulfonamides is 1. The molecule has 1 N–H and O–H groups in total. The van der Waals surface area contributed by atoms with Gasteiger partial charge in [-0.2, -0.15) is 4.31 Å². The van der Waals surface area contributed by atoms with Crippen LogP contribution in [0.3, 0.4) is 0 Å². The van der Waals surface area contributed by atoms with Crippen molar-refractivity contribution in [3.8, 4) is 5.75 Å². The van der Waals surface area contributed by atoms with Gasteiger partial charge in [-0.05, 0) is 68.3 Å². The van der Waals surface area contributed by atoms with Crippen molar-refractivity contribution >= 4 is 27.7 Å². The third-order valence-corrected chi connectivity index (χ3v) is 8.40. The molecule has 1 saturated heterocycles. The van der Waals surface area contributed by atoms with E-state index in [1.807, 2.05) is 50.4 Å². The molecule has 1 aliphatic heterocycles. The van der Waals surface area contributed by atoms with Crippen LogP contribution in [0.15, 0.2) is 52.3 Å². The highest BCUT2D eigenvalue weighted by Crippen LogP contribution is 2.31. The number of carbonyl (C=O) groups is 1. The number of nitrogens with one attached hydrogen (secondary N) is 1. The number of hydrogen-bond donors (Lipinski definition) is 1. The van der Waals surface area contributed by atoms with Crippen molar-refractivity contribution in [2.45, 2.75) is 42.5 Å². The van der Waals surface area contributed by atoms with Gasteiger partial charge in [0.2, 0.25) is 15.9 Å². The number of amides is 1. The minimum atomic E-state index is -3.67. The lowest BCUT2D eigenvalue weighted by Crippen LogP contribution is -2.43. The Bertz CT molecular complexity index is 1010. The van der Waals surface area contributed by atoms with Crippen LogP contribution in [0.1, 0.15) is 36.9 Å². The van der Waals surface area contributed by atoms with E-state index in [9.17, 15) is 13.2 Å². The molecule has 1 fully saturated rings. The van der Waals surface area contributed by atoms with Crippen LogP contribution < -0.4 is 10.1 Å². The van der Waals surface area contributed by atoms with E-state index in [1.165, 1.54) is 16.3 Å². The van der Waals surface area contributed by atoms with Crippen LogP contribution in [-0.2, 0) is 14.8 Å². The molecule has 6 nitrogen and oxygen atoms in total. The van der Waals surface area contributed by atoms with Crippen molar-refractivity contribution in [2.24, 2.45) is 5.92 Å². The summed E-state index contributed by atoms with van der Waals surface area (Å²) in [5.74, 6) is 0.122. The number of hydrogen-bond acceptors (Lipinski definition) is 5. The summed E-state index contributed by atoms with van der Waals surface area (Å²) in [6, 6.07) is 13.2. The van der Waals surface area contributed by atoms with Gasteiger partial charge in [0.1, 0.15) is 10.6 Å². The second-order valence-electron chi connectivity index (χ2n) is 7.84. The van der Waals surface area contributed by atoms with E-state index >= 15 is 0 Å². The number of methoxy groups -OCH3 is 1. The molecule has 2 aromatic rings. The molecule has 31 heavy (non-hydrogen) atoms. The maximum atomic E-state index is 13.2. The molecule has 0 bridgehead atoms. The van der Waals surface area contributed by atoms with Gasteiger partial charge < -0.3 is 10.1 Å². The fraction of sp³-hybridized carbons (Fsp3) is 0.435. The first-order valence-corrected chi connectivity index (χ1v) is 13.0. The quantitative estimate of drug-likeness (QED) is 0.630. The second-order valence-corrected chi connectivity index (χ2v) is 10.6. The maximum absolute atomic E-state index is 13.2. The summed E-state index contributed by atoms with van der Waals surface area (Å²) >= 11 is 1.68. The van der Waals surface area contributed by atoms with Crippen LogP contribution in [-0.4, -0.2) is 45.1 Å². The van der Waals surface area contributed by atoms with E-state index in [0.29, 0.717) is 31.7 Å². The van der Waals surface area contributed by atoms with Crippen LogP contribution in [0.25, 0.3) is 0 Å². The number of aryl methyl sites for hydroxylation is 1. The minimum absolute atomic E-state index is 0.0216. The Balaban J connectivity index is 1.62. The number of piperidine rings is 1. The predicted molar refractivity (Wildman–Crippen MR) is 124 cm³/mol. The number of ether oxygens (including phenoxy) is 1. The fourth-order valence-electron chi connectivity index (χ4n) is 3.79. The highest BCUT2D eigenvalue weighted by Gasteiger charge is 2.34. The monoisotopic (exact) mass is 462 g/mol. The SMILES string of the molecule is COc1ccc(C)cc1S(=O)(=O)N1CCC(C(=O)NC(C)c2ccc(SC)cc2)CC1. The molecule has 1 aliphatic rings. The van der Waals surface area contributed by atoms with Gasteiger partial charge in [-0.3, -0.25) is 4.79 Å². The summed E-state index contributed by atoms with van der Waals surface area (Å²) < 4.78 is 33.0. The Morgan fingerprint density at radius 1 is 1.16 bits per heavy atom. The third kappa shape index (κ3) is 5.42. The molecule has 0 aliphatic carbocycles.